The highest BCUT2D eigenvalue weighted by Gasteiger charge is 2.17. The van der Waals surface area contributed by atoms with Crippen LogP contribution in [-0.2, 0) is 9.53 Å². The lowest BCUT2D eigenvalue weighted by Gasteiger charge is -2.07. The molecule has 11 heteroatoms. The maximum atomic E-state index is 12.4. The average Bonchev–Trinajstić information content (AvgIpc) is 3.04. The molecule has 0 spiro atoms. The fraction of sp³-hybridized carbons (Fsp3) is 0.294. The van der Waals surface area contributed by atoms with Crippen LogP contribution in [0, 0.1) is 13.8 Å². The van der Waals surface area contributed by atoms with E-state index in [4.69, 9.17) is 9.26 Å². The lowest BCUT2D eigenvalue weighted by molar-refractivity contribution is -0.115. The number of carbonyl (C=O) groups is 2. The number of hydrogen-bond acceptors (Lipinski definition) is 9. The number of ether oxygens (including phenoxy) is 1. The minimum Gasteiger partial charge on any atom is -0.465 e. The number of carbonyl (C=O) groups excluding carboxylic acids is 2. The summed E-state index contributed by atoms with van der Waals surface area (Å²) in [5, 5.41) is 6.67. The van der Waals surface area contributed by atoms with Gasteiger partial charge in [-0.2, -0.15) is 0 Å². The zero-order valence-electron chi connectivity index (χ0n) is 15.4. The van der Waals surface area contributed by atoms with Crippen molar-refractivity contribution in [3.63, 3.8) is 0 Å². The van der Waals surface area contributed by atoms with Crippen LogP contribution < -0.4 is 10.9 Å². The summed E-state index contributed by atoms with van der Waals surface area (Å²) >= 11 is 1.19. The van der Waals surface area contributed by atoms with E-state index in [0.29, 0.717) is 28.2 Å². The normalized spacial score (nSPS) is 10.8. The molecule has 0 fully saturated rings. The smallest absolute Gasteiger partial charge is 0.338 e. The van der Waals surface area contributed by atoms with Crippen molar-refractivity contribution in [3.8, 4) is 0 Å². The van der Waals surface area contributed by atoms with Gasteiger partial charge in [-0.25, -0.2) is 14.8 Å². The first-order chi connectivity index (χ1) is 13.4. The third-order valence-electron chi connectivity index (χ3n) is 3.65. The van der Waals surface area contributed by atoms with Crippen LogP contribution in [0.2, 0.25) is 0 Å². The summed E-state index contributed by atoms with van der Waals surface area (Å²) in [7, 11) is 1.24. The highest BCUT2D eigenvalue weighted by molar-refractivity contribution is 7.99. The molecular weight excluding hydrogens is 386 g/mol. The molecule has 146 valence electrons. The van der Waals surface area contributed by atoms with E-state index >= 15 is 0 Å². The number of anilines is 1. The maximum Gasteiger partial charge on any atom is 0.338 e. The number of rotatable bonds is 6. The average molecular weight is 403 g/mol. The summed E-state index contributed by atoms with van der Waals surface area (Å²) in [5.74, 6) is 0.428. The summed E-state index contributed by atoms with van der Waals surface area (Å²) in [6, 6.07) is 3.09. The van der Waals surface area contributed by atoms with Crippen LogP contribution in [0.4, 0.5) is 5.82 Å². The van der Waals surface area contributed by atoms with Crippen molar-refractivity contribution in [2.24, 2.45) is 0 Å². The van der Waals surface area contributed by atoms with Crippen LogP contribution in [0.15, 0.2) is 26.6 Å². The molecule has 0 aliphatic heterocycles. The fourth-order valence-electron chi connectivity index (χ4n) is 2.46. The highest BCUT2D eigenvalue weighted by atomic mass is 32.2. The Bertz CT molecular complexity index is 1110. The van der Waals surface area contributed by atoms with E-state index in [9.17, 15) is 14.4 Å². The lowest BCUT2D eigenvalue weighted by Crippen LogP contribution is -2.16. The predicted molar refractivity (Wildman–Crippen MR) is 101 cm³/mol. The number of H-pyrrole nitrogens is 1. The lowest BCUT2D eigenvalue weighted by atomic mass is 10.1. The highest BCUT2D eigenvalue weighted by Crippen LogP contribution is 2.19. The van der Waals surface area contributed by atoms with Crippen molar-refractivity contribution in [3.05, 3.63) is 39.5 Å². The van der Waals surface area contributed by atoms with Crippen molar-refractivity contribution in [2.75, 3.05) is 18.2 Å². The van der Waals surface area contributed by atoms with E-state index in [1.54, 1.807) is 19.9 Å². The van der Waals surface area contributed by atoms with Gasteiger partial charge in [0.15, 0.2) is 16.6 Å². The molecule has 2 N–H and O–H groups in total. The first-order valence-electron chi connectivity index (χ1n) is 8.23. The predicted octanol–water partition coefficient (Wildman–Crippen LogP) is 1.83. The Balaban J connectivity index is 1.73. The molecule has 0 radical (unpaired) electrons. The molecule has 0 saturated carbocycles. The summed E-state index contributed by atoms with van der Waals surface area (Å²) in [6.45, 7) is 3.42. The number of nitrogens with zero attached hydrogens (tertiary/aromatic N) is 3. The van der Waals surface area contributed by atoms with Crippen molar-refractivity contribution in [1.82, 2.24) is 20.1 Å². The summed E-state index contributed by atoms with van der Waals surface area (Å²) < 4.78 is 9.60. The number of aromatic nitrogens is 4. The molecule has 0 saturated heterocycles. The van der Waals surface area contributed by atoms with Gasteiger partial charge in [0.2, 0.25) is 5.91 Å². The topological polar surface area (TPSA) is 140 Å². The van der Waals surface area contributed by atoms with E-state index in [1.165, 1.54) is 24.9 Å². The standard InChI is InChI=1S/C17H17N5O5S/c1-8-6-10(16(25)26-3)13-14(18-8)20-17(21-15(13)24)28-5-4-12(23)19-11-7-9(2)27-22-11/h6-7H,4-5H2,1-3H3,(H,19,22,23)(H,18,20,21,24). The Labute approximate surface area is 163 Å². The molecule has 0 aliphatic carbocycles. The van der Waals surface area contributed by atoms with E-state index < -0.39 is 11.5 Å². The molecule has 10 nitrogen and oxygen atoms in total. The Kier molecular flexibility index (Phi) is 5.73. The number of aromatic amines is 1. The Morgan fingerprint density at radius 1 is 1.29 bits per heavy atom. The summed E-state index contributed by atoms with van der Waals surface area (Å²) in [5.41, 5.74) is 0.291. The number of amides is 1. The minimum atomic E-state index is -0.636. The zero-order valence-corrected chi connectivity index (χ0v) is 16.2. The van der Waals surface area contributed by atoms with Gasteiger partial charge in [0.05, 0.1) is 18.1 Å². The molecule has 3 heterocycles. The van der Waals surface area contributed by atoms with Crippen LogP contribution in [-0.4, -0.2) is 44.8 Å². The quantitative estimate of drug-likeness (QED) is 0.358. The Morgan fingerprint density at radius 2 is 2.07 bits per heavy atom. The van der Waals surface area contributed by atoms with Gasteiger partial charge in [0.25, 0.3) is 5.56 Å². The number of thioether (sulfide) groups is 1. The van der Waals surface area contributed by atoms with Crippen LogP contribution in [0.5, 0.6) is 0 Å². The van der Waals surface area contributed by atoms with Gasteiger partial charge < -0.3 is 19.6 Å². The first kappa shape index (κ1) is 19.5. The number of nitrogens with one attached hydrogen (secondary N) is 2. The van der Waals surface area contributed by atoms with Crippen molar-refractivity contribution >= 4 is 40.5 Å². The molecule has 0 aromatic carbocycles. The van der Waals surface area contributed by atoms with E-state index in [1.807, 2.05) is 0 Å². The largest absolute Gasteiger partial charge is 0.465 e. The Hall–Kier alpha value is -3.21. The van der Waals surface area contributed by atoms with Crippen LogP contribution in [0.25, 0.3) is 11.0 Å². The number of hydrogen-bond donors (Lipinski definition) is 2. The molecule has 0 aliphatic rings. The fourth-order valence-corrected chi connectivity index (χ4v) is 3.25. The van der Waals surface area contributed by atoms with Gasteiger partial charge in [0, 0.05) is 23.9 Å². The summed E-state index contributed by atoms with van der Waals surface area (Å²) in [4.78, 5) is 47.4. The van der Waals surface area contributed by atoms with Crippen LogP contribution in [0.1, 0.15) is 28.2 Å². The zero-order chi connectivity index (χ0) is 20.3. The SMILES string of the molecule is COC(=O)c1cc(C)nc2nc(SCCC(=O)Nc3cc(C)on3)[nH]c(=O)c12. The van der Waals surface area contributed by atoms with Crippen molar-refractivity contribution < 1.29 is 18.8 Å². The van der Waals surface area contributed by atoms with Gasteiger partial charge >= 0.3 is 5.97 Å². The molecular formula is C17H17N5O5S. The van der Waals surface area contributed by atoms with Gasteiger partial charge in [-0.3, -0.25) is 9.59 Å². The second-order valence-corrected chi connectivity index (χ2v) is 6.93. The number of methoxy groups -OCH3 is 1. The van der Waals surface area contributed by atoms with E-state index in [2.05, 4.69) is 25.4 Å². The Morgan fingerprint density at radius 3 is 2.75 bits per heavy atom. The molecule has 1 amide bonds. The van der Waals surface area contributed by atoms with E-state index in [0.717, 1.165) is 0 Å². The van der Waals surface area contributed by atoms with Gasteiger partial charge in [-0.05, 0) is 19.9 Å². The minimum absolute atomic E-state index is 0.0703. The molecule has 3 rings (SSSR count). The molecule has 28 heavy (non-hydrogen) atoms. The molecule has 0 unspecified atom stereocenters. The maximum absolute atomic E-state index is 12.4. The monoisotopic (exact) mass is 403 g/mol. The molecule has 0 atom stereocenters. The van der Waals surface area contributed by atoms with Gasteiger partial charge in [-0.15, -0.1) is 0 Å². The second kappa shape index (κ2) is 8.21. The first-order valence-corrected chi connectivity index (χ1v) is 9.22. The van der Waals surface area contributed by atoms with Crippen LogP contribution >= 0.6 is 11.8 Å². The third kappa shape index (κ3) is 4.36. The number of aryl methyl sites for hydroxylation is 2. The number of esters is 1. The molecule has 3 aromatic rings. The van der Waals surface area contributed by atoms with Crippen molar-refractivity contribution in [2.45, 2.75) is 25.4 Å². The summed E-state index contributed by atoms with van der Waals surface area (Å²) in [6.07, 6.45) is 0.174. The van der Waals surface area contributed by atoms with Gasteiger partial charge in [0.1, 0.15) is 5.76 Å². The van der Waals surface area contributed by atoms with E-state index in [-0.39, 0.29) is 28.9 Å². The van der Waals surface area contributed by atoms with Crippen molar-refractivity contribution in [1.29, 1.82) is 0 Å². The number of fused-ring (bicyclic) bond motifs is 1. The molecule has 0 bridgehead atoms. The second-order valence-electron chi connectivity index (χ2n) is 5.84. The number of pyridine rings is 1. The third-order valence-corrected chi connectivity index (χ3v) is 4.53. The molecule has 3 aromatic heterocycles. The van der Waals surface area contributed by atoms with Gasteiger partial charge in [-0.1, -0.05) is 16.9 Å². The van der Waals surface area contributed by atoms with Crippen LogP contribution in [0.3, 0.4) is 0 Å².